The highest BCUT2D eigenvalue weighted by molar-refractivity contribution is 7.26. The second-order valence-electron chi connectivity index (χ2n) is 15.6. The molecule has 2 aromatic heterocycles. The van der Waals surface area contributed by atoms with Crippen molar-refractivity contribution in [3.63, 3.8) is 0 Å². The number of benzene rings is 10. The molecule has 0 unspecified atom stereocenters. The van der Waals surface area contributed by atoms with Crippen LogP contribution in [-0.2, 0) is 0 Å². The van der Waals surface area contributed by atoms with E-state index < -0.39 is 0 Å². The van der Waals surface area contributed by atoms with Crippen LogP contribution in [0.4, 0.5) is 17.1 Å². The van der Waals surface area contributed by atoms with Crippen molar-refractivity contribution in [1.29, 1.82) is 0 Å². The summed E-state index contributed by atoms with van der Waals surface area (Å²) in [4.78, 5) is 2.44. The number of fused-ring (bicyclic) bond motifs is 7. The van der Waals surface area contributed by atoms with E-state index >= 15 is 0 Å². The summed E-state index contributed by atoms with van der Waals surface area (Å²) in [5.74, 6) is 0. The van der Waals surface area contributed by atoms with E-state index in [-0.39, 0.29) is 0 Å². The highest BCUT2D eigenvalue weighted by atomic mass is 32.1. The zero-order chi connectivity index (χ0) is 40.3. The average Bonchev–Trinajstić information content (AvgIpc) is 3.91. The van der Waals surface area contributed by atoms with Gasteiger partial charge in [0, 0.05) is 53.3 Å². The van der Waals surface area contributed by atoms with E-state index in [2.05, 4.69) is 223 Å². The lowest BCUT2D eigenvalue weighted by Gasteiger charge is -2.30. The number of rotatable bonds is 7. The zero-order valence-corrected chi connectivity index (χ0v) is 33.9. The van der Waals surface area contributed by atoms with Gasteiger partial charge in [0.2, 0.25) is 0 Å². The smallest absolute Gasteiger partial charge is 0.143 e. The predicted octanol–water partition coefficient (Wildman–Crippen LogP) is 17.2. The molecule has 0 amide bonds. The fourth-order valence-electron chi connectivity index (χ4n) is 9.20. The maximum atomic E-state index is 6.67. The third-order valence-electron chi connectivity index (χ3n) is 12.1. The minimum Gasteiger partial charge on any atom is -0.455 e. The van der Waals surface area contributed by atoms with E-state index in [1.807, 2.05) is 17.4 Å². The quantitative estimate of drug-likeness (QED) is 0.160. The molecule has 0 atom stereocenters. The molecular formula is C58H37NOS. The molecule has 0 aliphatic heterocycles. The van der Waals surface area contributed by atoms with Crippen LogP contribution in [-0.4, -0.2) is 0 Å². The lowest BCUT2D eigenvalue weighted by Crippen LogP contribution is -2.12. The molecule has 0 bridgehead atoms. The van der Waals surface area contributed by atoms with Gasteiger partial charge in [0.15, 0.2) is 0 Å². The molecular weight excluding hydrogens is 759 g/mol. The van der Waals surface area contributed by atoms with Crippen molar-refractivity contribution in [3.05, 3.63) is 224 Å². The summed E-state index contributed by atoms with van der Waals surface area (Å²) in [7, 11) is 0. The Hall–Kier alpha value is -7.72. The Morgan fingerprint density at radius 3 is 1.82 bits per heavy atom. The average molecular weight is 796 g/mol. The molecule has 2 nitrogen and oxygen atoms in total. The van der Waals surface area contributed by atoms with Crippen molar-refractivity contribution in [2.75, 3.05) is 4.90 Å². The normalized spacial score (nSPS) is 11.6. The van der Waals surface area contributed by atoms with Crippen molar-refractivity contribution in [3.8, 4) is 44.5 Å². The van der Waals surface area contributed by atoms with Gasteiger partial charge < -0.3 is 9.32 Å². The van der Waals surface area contributed by atoms with E-state index in [1.54, 1.807) is 0 Å². The minimum absolute atomic E-state index is 0.887. The zero-order valence-electron chi connectivity index (χ0n) is 33.1. The van der Waals surface area contributed by atoms with E-state index in [9.17, 15) is 0 Å². The van der Waals surface area contributed by atoms with E-state index in [0.29, 0.717) is 0 Å². The van der Waals surface area contributed by atoms with Crippen LogP contribution in [0, 0.1) is 0 Å². The Kier molecular flexibility index (Phi) is 8.39. The number of anilines is 3. The Morgan fingerprint density at radius 1 is 0.344 bits per heavy atom. The second kappa shape index (κ2) is 14.5. The third-order valence-corrected chi connectivity index (χ3v) is 13.3. The molecule has 3 heteroatoms. The van der Waals surface area contributed by atoms with Crippen molar-refractivity contribution in [2.24, 2.45) is 0 Å². The van der Waals surface area contributed by atoms with Gasteiger partial charge in [-0.25, -0.2) is 0 Å². The van der Waals surface area contributed by atoms with Crippen LogP contribution in [0.3, 0.4) is 0 Å². The molecule has 12 rings (SSSR count). The fraction of sp³-hybridized carbons (Fsp3) is 0. The Bertz CT molecular complexity index is 3630. The van der Waals surface area contributed by atoms with Crippen molar-refractivity contribution < 1.29 is 4.42 Å². The highest BCUT2D eigenvalue weighted by Crippen LogP contribution is 2.48. The van der Waals surface area contributed by atoms with Crippen molar-refractivity contribution in [1.82, 2.24) is 0 Å². The number of thiophene rings is 1. The molecule has 0 radical (unpaired) electrons. The van der Waals surface area contributed by atoms with E-state index in [4.69, 9.17) is 4.42 Å². The maximum absolute atomic E-state index is 6.67. The molecule has 0 fully saturated rings. The summed E-state index contributed by atoms with van der Waals surface area (Å²) in [5, 5.41) is 7.29. The van der Waals surface area contributed by atoms with Crippen LogP contribution >= 0.6 is 11.3 Å². The number of hydrogen-bond acceptors (Lipinski definition) is 3. The summed E-state index contributed by atoms with van der Waals surface area (Å²) < 4.78 is 9.30. The summed E-state index contributed by atoms with van der Waals surface area (Å²) in [6.45, 7) is 0. The summed E-state index contributed by atoms with van der Waals surface area (Å²) in [5.41, 5.74) is 14.2. The molecule has 61 heavy (non-hydrogen) atoms. The number of para-hydroxylation sites is 4. The van der Waals surface area contributed by atoms with Crippen LogP contribution in [0.1, 0.15) is 0 Å². The SMILES string of the molecule is c1cc(-c2cccc(N(c3ccccc3-c3ccc4ccccc4c3)c3ccccc3-c3cccc4c3oc3ccccc34)c2)cc(-c2cccc3c2sc2ccccc23)c1. The summed E-state index contributed by atoms with van der Waals surface area (Å²) in [6.07, 6.45) is 0. The standard InChI is InChI=1S/C58H37NOS/c1-2-16-39-35-43(34-33-38(39)15-1)45-21-3-7-29-53(45)59(54-30-8-4-22-47(54)50-26-14-27-51-48-23-5-9-31-55(48)60-57(50)51)44-20-12-18-41(37-44)40-17-11-19-42(36-40)46-25-13-28-52-49-24-6-10-32-56(49)61-58(46)52/h1-37H. The largest absolute Gasteiger partial charge is 0.455 e. The third kappa shape index (κ3) is 6.01. The Labute approximate surface area is 357 Å². The Balaban J connectivity index is 1.05. The van der Waals surface area contributed by atoms with Crippen LogP contribution < -0.4 is 4.90 Å². The molecule has 12 aromatic rings. The minimum atomic E-state index is 0.887. The van der Waals surface area contributed by atoms with Gasteiger partial charge >= 0.3 is 0 Å². The van der Waals surface area contributed by atoms with Gasteiger partial charge in [-0.1, -0.05) is 176 Å². The first-order chi connectivity index (χ1) is 30.2. The molecule has 2 heterocycles. The van der Waals surface area contributed by atoms with Gasteiger partial charge in [0.25, 0.3) is 0 Å². The van der Waals surface area contributed by atoms with Gasteiger partial charge in [0.05, 0.1) is 11.4 Å². The molecule has 10 aromatic carbocycles. The number of nitrogens with zero attached hydrogens (tertiary/aromatic N) is 1. The van der Waals surface area contributed by atoms with Gasteiger partial charge in [-0.3, -0.25) is 0 Å². The molecule has 0 aliphatic carbocycles. The van der Waals surface area contributed by atoms with Crippen molar-refractivity contribution >= 4 is 81.3 Å². The van der Waals surface area contributed by atoms with E-state index in [0.717, 1.165) is 66.8 Å². The lowest BCUT2D eigenvalue weighted by molar-refractivity contribution is 0.670. The molecule has 0 saturated heterocycles. The molecule has 0 saturated carbocycles. The predicted molar refractivity (Wildman–Crippen MR) is 261 cm³/mol. The van der Waals surface area contributed by atoms with Crippen LogP contribution in [0.5, 0.6) is 0 Å². The number of furan rings is 1. The monoisotopic (exact) mass is 795 g/mol. The van der Waals surface area contributed by atoms with Gasteiger partial charge in [-0.2, -0.15) is 0 Å². The second-order valence-corrected chi connectivity index (χ2v) is 16.7. The fourth-order valence-corrected chi connectivity index (χ4v) is 10.4. The van der Waals surface area contributed by atoms with Gasteiger partial charge in [0.1, 0.15) is 11.2 Å². The summed E-state index contributed by atoms with van der Waals surface area (Å²) in [6, 6.07) is 81.2. The van der Waals surface area contributed by atoms with Gasteiger partial charge in [-0.05, 0) is 87.1 Å². The topological polar surface area (TPSA) is 16.4 Å². The molecule has 286 valence electrons. The van der Waals surface area contributed by atoms with Gasteiger partial charge in [-0.15, -0.1) is 11.3 Å². The first-order valence-electron chi connectivity index (χ1n) is 20.7. The maximum Gasteiger partial charge on any atom is 0.143 e. The molecule has 0 N–H and O–H groups in total. The van der Waals surface area contributed by atoms with Crippen LogP contribution in [0.25, 0.3) is 97.4 Å². The van der Waals surface area contributed by atoms with Crippen LogP contribution in [0.2, 0.25) is 0 Å². The first-order valence-corrected chi connectivity index (χ1v) is 21.6. The van der Waals surface area contributed by atoms with E-state index in [1.165, 1.54) is 47.6 Å². The van der Waals surface area contributed by atoms with Crippen LogP contribution in [0.15, 0.2) is 229 Å². The first kappa shape index (κ1) is 35.2. The lowest BCUT2D eigenvalue weighted by atomic mass is 9.95. The number of hydrogen-bond donors (Lipinski definition) is 0. The Morgan fingerprint density at radius 2 is 0.934 bits per heavy atom. The highest BCUT2D eigenvalue weighted by Gasteiger charge is 2.23. The molecule has 0 spiro atoms. The van der Waals surface area contributed by atoms with Crippen molar-refractivity contribution in [2.45, 2.75) is 0 Å². The summed E-state index contributed by atoms with van der Waals surface area (Å²) >= 11 is 1.87. The molecule has 0 aliphatic rings.